The van der Waals surface area contributed by atoms with Crippen LogP contribution in [0.5, 0.6) is 0 Å². The highest BCUT2D eigenvalue weighted by atomic mass is 79.9. The van der Waals surface area contributed by atoms with E-state index in [9.17, 15) is 9.59 Å². The zero-order valence-corrected chi connectivity index (χ0v) is 23.1. The van der Waals surface area contributed by atoms with Crippen molar-refractivity contribution in [1.29, 1.82) is 0 Å². The molecule has 0 saturated carbocycles. The van der Waals surface area contributed by atoms with Crippen molar-refractivity contribution in [2.24, 2.45) is 11.8 Å². The fourth-order valence-electron chi connectivity index (χ4n) is 5.16. The summed E-state index contributed by atoms with van der Waals surface area (Å²) in [6, 6.07) is 18.8. The Labute approximate surface area is 219 Å². The average molecular weight is 582 g/mol. The van der Waals surface area contributed by atoms with Gasteiger partial charge in [0.05, 0.1) is 0 Å². The molecule has 2 atom stereocenters. The minimum absolute atomic E-state index is 0.165. The Kier molecular flexibility index (Phi) is 7.89. The fourth-order valence-corrected chi connectivity index (χ4v) is 6.54. The standard InChI is InChI=1S/C18H17BrO.C12H13BrO/c1-2-13-11-15-14(10-12-6-4-3-5-7-12)8-9-16(19)17(15)18(13)20;1-3-8-6-9-4-7(2)5-10(13)11(9)12(8)14/h3-9,13H,2,10-11H2,1H3;4-5,8H,3,6H2,1-2H3. The lowest BCUT2D eigenvalue weighted by atomic mass is 9.96. The Morgan fingerprint density at radius 1 is 0.794 bits per heavy atom. The molecule has 0 heterocycles. The highest BCUT2D eigenvalue weighted by Crippen LogP contribution is 2.37. The summed E-state index contributed by atoms with van der Waals surface area (Å²) < 4.78 is 1.92. The first-order valence-electron chi connectivity index (χ1n) is 12.1. The Balaban J connectivity index is 0.000000172. The van der Waals surface area contributed by atoms with E-state index in [0.29, 0.717) is 11.6 Å². The normalized spacial score (nSPS) is 18.4. The molecule has 0 aromatic heterocycles. The summed E-state index contributed by atoms with van der Waals surface area (Å²) in [6.07, 6.45) is 4.58. The fraction of sp³-hybridized carbons (Fsp3) is 0.333. The molecular weight excluding hydrogens is 552 g/mol. The van der Waals surface area contributed by atoms with Gasteiger partial charge in [-0.1, -0.05) is 88.2 Å². The van der Waals surface area contributed by atoms with Gasteiger partial charge < -0.3 is 0 Å². The number of ketones is 2. The van der Waals surface area contributed by atoms with Gasteiger partial charge in [0.2, 0.25) is 0 Å². The molecule has 176 valence electrons. The van der Waals surface area contributed by atoms with E-state index in [-0.39, 0.29) is 11.8 Å². The van der Waals surface area contributed by atoms with Crippen LogP contribution in [0, 0.1) is 18.8 Å². The molecule has 3 aromatic carbocycles. The highest BCUT2D eigenvalue weighted by Gasteiger charge is 2.33. The number of aryl methyl sites for hydroxylation is 1. The first kappa shape index (κ1) is 25.1. The van der Waals surface area contributed by atoms with Gasteiger partial charge in [-0.05, 0) is 79.0 Å². The topological polar surface area (TPSA) is 34.1 Å². The first-order chi connectivity index (χ1) is 16.3. The van der Waals surface area contributed by atoms with Gasteiger partial charge in [-0.15, -0.1) is 0 Å². The minimum atomic E-state index is 0.165. The third-order valence-corrected chi connectivity index (χ3v) is 8.34. The summed E-state index contributed by atoms with van der Waals surface area (Å²) in [5.74, 6) is 1.000. The van der Waals surface area contributed by atoms with E-state index < -0.39 is 0 Å². The van der Waals surface area contributed by atoms with Crippen molar-refractivity contribution in [1.82, 2.24) is 0 Å². The molecule has 0 bridgehead atoms. The summed E-state index contributed by atoms with van der Waals surface area (Å²) in [4.78, 5) is 24.4. The molecule has 2 aliphatic rings. The van der Waals surface area contributed by atoms with Crippen LogP contribution >= 0.6 is 31.9 Å². The zero-order chi connectivity index (χ0) is 24.4. The predicted molar refractivity (Wildman–Crippen MR) is 146 cm³/mol. The van der Waals surface area contributed by atoms with E-state index in [1.807, 2.05) is 18.2 Å². The van der Waals surface area contributed by atoms with Crippen LogP contribution in [0.25, 0.3) is 0 Å². The monoisotopic (exact) mass is 580 g/mol. The number of hydrogen-bond donors (Lipinski definition) is 0. The van der Waals surface area contributed by atoms with Gasteiger partial charge in [-0.25, -0.2) is 0 Å². The van der Waals surface area contributed by atoms with E-state index >= 15 is 0 Å². The molecule has 0 radical (unpaired) electrons. The number of Topliss-reactive ketones (excluding diaryl/α,β-unsaturated/α-hetero) is 2. The summed E-state index contributed by atoms with van der Waals surface area (Å²) >= 11 is 7.02. The molecular formula is C30H30Br2O2. The molecule has 2 nitrogen and oxygen atoms in total. The Morgan fingerprint density at radius 2 is 1.44 bits per heavy atom. The molecule has 3 aromatic rings. The van der Waals surface area contributed by atoms with Crippen LogP contribution in [0.2, 0.25) is 0 Å². The molecule has 0 N–H and O–H groups in total. The van der Waals surface area contributed by atoms with Crippen molar-refractivity contribution in [3.8, 4) is 0 Å². The molecule has 0 spiro atoms. The minimum Gasteiger partial charge on any atom is -0.294 e. The van der Waals surface area contributed by atoms with Crippen LogP contribution in [0.1, 0.15) is 75.2 Å². The van der Waals surface area contributed by atoms with E-state index in [0.717, 1.165) is 52.2 Å². The van der Waals surface area contributed by atoms with Crippen LogP contribution in [0.3, 0.4) is 0 Å². The summed E-state index contributed by atoms with van der Waals surface area (Å²) in [6.45, 7) is 6.24. The van der Waals surface area contributed by atoms with Crippen molar-refractivity contribution in [2.45, 2.75) is 52.9 Å². The molecule has 34 heavy (non-hydrogen) atoms. The Hall–Kier alpha value is -2.04. The van der Waals surface area contributed by atoms with E-state index in [4.69, 9.17) is 0 Å². The summed E-state index contributed by atoms with van der Waals surface area (Å²) in [5, 5.41) is 0. The Bertz CT molecular complexity index is 1230. The number of halogens is 2. The lowest BCUT2D eigenvalue weighted by Gasteiger charge is -2.09. The van der Waals surface area contributed by atoms with Gasteiger partial charge in [0.1, 0.15) is 0 Å². The highest BCUT2D eigenvalue weighted by molar-refractivity contribution is 9.10. The van der Waals surface area contributed by atoms with Gasteiger partial charge >= 0.3 is 0 Å². The Morgan fingerprint density at radius 3 is 2.12 bits per heavy atom. The van der Waals surface area contributed by atoms with Crippen LogP contribution in [-0.4, -0.2) is 11.6 Å². The van der Waals surface area contributed by atoms with E-state index in [1.54, 1.807) is 0 Å². The first-order valence-corrected chi connectivity index (χ1v) is 13.6. The quantitative estimate of drug-likeness (QED) is 0.310. The van der Waals surface area contributed by atoms with Crippen molar-refractivity contribution < 1.29 is 9.59 Å². The van der Waals surface area contributed by atoms with E-state index in [1.165, 1.54) is 27.8 Å². The van der Waals surface area contributed by atoms with Crippen LogP contribution in [0.4, 0.5) is 0 Å². The third-order valence-electron chi connectivity index (χ3n) is 7.05. The van der Waals surface area contributed by atoms with Gasteiger partial charge in [0.25, 0.3) is 0 Å². The van der Waals surface area contributed by atoms with Gasteiger partial charge in [-0.2, -0.15) is 0 Å². The number of benzene rings is 3. The second-order valence-corrected chi connectivity index (χ2v) is 11.1. The maximum absolute atomic E-state index is 12.4. The van der Waals surface area contributed by atoms with Crippen molar-refractivity contribution >= 4 is 43.4 Å². The maximum atomic E-state index is 12.4. The molecule has 0 fully saturated rings. The lowest BCUT2D eigenvalue weighted by molar-refractivity contribution is 0.0926. The second-order valence-electron chi connectivity index (χ2n) is 9.35. The molecule has 5 rings (SSSR count). The maximum Gasteiger partial charge on any atom is 0.167 e. The van der Waals surface area contributed by atoms with E-state index in [2.05, 4.69) is 89.0 Å². The van der Waals surface area contributed by atoms with Crippen LogP contribution < -0.4 is 0 Å². The molecule has 0 amide bonds. The molecule has 0 saturated heterocycles. The number of carbonyl (C=O) groups is 2. The SMILES string of the molecule is CCC1Cc2c(Cc3ccccc3)ccc(Br)c2C1=O.CCC1Cc2cc(C)cc(Br)c2C1=O. The number of fused-ring (bicyclic) bond motifs is 2. The smallest absolute Gasteiger partial charge is 0.167 e. The summed E-state index contributed by atoms with van der Waals surface area (Å²) in [7, 11) is 0. The number of hydrogen-bond acceptors (Lipinski definition) is 2. The number of carbonyl (C=O) groups excluding carboxylic acids is 2. The molecule has 2 aliphatic carbocycles. The zero-order valence-electron chi connectivity index (χ0n) is 20.0. The van der Waals surface area contributed by atoms with Gasteiger partial charge in [-0.3, -0.25) is 9.59 Å². The van der Waals surface area contributed by atoms with Crippen molar-refractivity contribution in [3.05, 3.63) is 102 Å². The summed E-state index contributed by atoms with van der Waals surface area (Å²) in [5.41, 5.74) is 8.12. The van der Waals surface area contributed by atoms with Gasteiger partial charge in [0, 0.05) is 31.9 Å². The molecule has 4 heteroatoms. The average Bonchev–Trinajstić information content (AvgIpc) is 3.33. The predicted octanol–water partition coefficient (Wildman–Crippen LogP) is 8.33. The lowest BCUT2D eigenvalue weighted by Crippen LogP contribution is -2.07. The van der Waals surface area contributed by atoms with Crippen LogP contribution in [0.15, 0.2) is 63.5 Å². The van der Waals surface area contributed by atoms with Crippen LogP contribution in [-0.2, 0) is 19.3 Å². The second kappa shape index (κ2) is 10.7. The largest absolute Gasteiger partial charge is 0.294 e. The van der Waals surface area contributed by atoms with Crippen molar-refractivity contribution in [2.75, 3.05) is 0 Å². The third kappa shape index (κ3) is 4.99. The number of rotatable bonds is 4. The van der Waals surface area contributed by atoms with Crippen molar-refractivity contribution in [3.63, 3.8) is 0 Å². The van der Waals surface area contributed by atoms with Gasteiger partial charge in [0.15, 0.2) is 11.6 Å². The molecule has 0 aliphatic heterocycles. The molecule has 2 unspecified atom stereocenters.